The van der Waals surface area contributed by atoms with Crippen molar-refractivity contribution >= 4 is 23.1 Å². The minimum absolute atomic E-state index is 0.0649. The van der Waals surface area contributed by atoms with Gasteiger partial charge in [-0.2, -0.15) is 0 Å². The number of amidine groups is 1. The molecular weight excluding hydrogens is 250 g/mol. The monoisotopic (exact) mass is 269 g/mol. The Bertz CT molecular complexity index is 456. The number of hydrogen-bond acceptors (Lipinski definition) is 4. The predicted octanol–water partition coefficient (Wildman–Crippen LogP) is 1.84. The van der Waals surface area contributed by atoms with Gasteiger partial charge in [0.25, 0.3) is 0 Å². The lowest BCUT2D eigenvalue weighted by atomic mass is 9.85. The van der Waals surface area contributed by atoms with Gasteiger partial charge in [0, 0.05) is 9.75 Å². The van der Waals surface area contributed by atoms with Crippen LogP contribution in [-0.4, -0.2) is 17.0 Å². The average molecular weight is 269 g/mol. The minimum Gasteiger partial charge on any atom is -0.409 e. The molecular formula is C12H19N3O2S. The molecule has 1 unspecified atom stereocenters. The number of nitrogens with zero attached hydrogens (tertiary/aromatic N) is 1. The second-order valence-electron chi connectivity index (χ2n) is 4.37. The third-order valence-electron chi connectivity index (χ3n) is 3.10. The fourth-order valence-electron chi connectivity index (χ4n) is 1.51. The summed E-state index contributed by atoms with van der Waals surface area (Å²) in [6.45, 7) is 5.97. The van der Waals surface area contributed by atoms with Gasteiger partial charge in [0.2, 0.25) is 5.91 Å². The number of hydrogen-bond donors (Lipinski definition) is 3. The van der Waals surface area contributed by atoms with E-state index in [1.807, 2.05) is 26.0 Å². The zero-order valence-electron chi connectivity index (χ0n) is 10.9. The van der Waals surface area contributed by atoms with Crippen LogP contribution in [0.1, 0.15) is 30.0 Å². The van der Waals surface area contributed by atoms with Gasteiger partial charge in [0.1, 0.15) is 5.41 Å². The molecule has 4 N–H and O–H groups in total. The van der Waals surface area contributed by atoms with Crippen molar-refractivity contribution in [2.45, 2.75) is 33.7 Å². The van der Waals surface area contributed by atoms with Gasteiger partial charge in [0.15, 0.2) is 5.84 Å². The van der Waals surface area contributed by atoms with E-state index in [0.717, 1.165) is 4.88 Å². The average Bonchev–Trinajstić information content (AvgIpc) is 2.79. The van der Waals surface area contributed by atoms with E-state index in [0.29, 0.717) is 13.0 Å². The highest BCUT2D eigenvalue weighted by atomic mass is 32.1. The van der Waals surface area contributed by atoms with E-state index in [9.17, 15) is 4.79 Å². The van der Waals surface area contributed by atoms with Gasteiger partial charge >= 0.3 is 0 Å². The zero-order chi connectivity index (χ0) is 13.8. The van der Waals surface area contributed by atoms with Crippen LogP contribution in [0, 0.1) is 12.3 Å². The van der Waals surface area contributed by atoms with E-state index in [1.54, 1.807) is 18.3 Å². The maximum absolute atomic E-state index is 12.1. The summed E-state index contributed by atoms with van der Waals surface area (Å²) < 4.78 is 0. The van der Waals surface area contributed by atoms with E-state index in [2.05, 4.69) is 10.5 Å². The minimum atomic E-state index is -0.971. The fourth-order valence-corrected chi connectivity index (χ4v) is 2.34. The standard InChI is InChI=1S/C12H19N3O2S/c1-4-12(3,10(13)15-17)11(16)14-7-9-6-5-8(2)18-9/h5-6,17H,4,7H2,1-3H3,(H2,13,15)(H,14,16). The molecule has 1 heterocycles. The van der Waals surface area contributed by atoms with Gasteiger partial charge in [0.05, 0.1) is 6.54 Å². The van der Waals surface area contributed by atoms with Crippen molar-refractivity contribution in [1.29, 1.82) is 0 Å². The molecule has 6 heteroatoms. The number of nitrogens with two attached hydrogens (primary N) is 1. The molecule has 1 aromatic heterocycles. The zero-order valence-corrected chi connectivity index (χ0v) is 11.7. The summed E-state index contributed by atoms with van der Waals surface area (Å²) >= 11 is 1.64. The van der Waals surface area contributed by atoms with Crippen molar-refractivity contribution in [3.8, 4) is 0 Å². The molecule has 0 saturated carbocycles. The molecule has 5 nitrogen and oxygen atoms in total. The van der Waals surface area contributed by atoms with E-state index in [-0.39, 0.29) is 11.7 Å². The van der Waals surface area contributed by atoms with Crippen LogP contribution in [0.3, 0.4) is 0 Å². The van der Waals surface area contributed by atoms with Crippen LogP contribution in [0.15, 0.2) is 17.3 Å². The molecule has 100 valence electrons. The first-order valence-electron chi connectivity index (χ1n) is 5.75. The van der Waals surface area contributed by atoms with Crippen molar-refractivity contribution in [2.24, 2.45) is 16.3 Å². The van der Waals surface area contributed by atoms with Crippen LogP contribution in [-0.2, 0) is 11.3 Å². The summed E-state index contributed by atoms with van der Waals surface area (Å²) in [5, 5.41) is 14.5. The van der Waals surface area contributed by atoms with Crippen LogP contribution in [0.2, 0.25) is 0 Å². The van der Waals surface area contributed by atoms with Gasteiger partial charge in [-0.1, -0.05) is 12.1 Å². The first-order chi connectivity index (χ1) is 8.43. The molecule has 1 amide bonds. The Labute approximate surface area is 111 Å². The molecule has 0 aliphatic heterocycles. The summed E-state index contributed by atoms with van der Waals surface area (Å²) in [7, 11) is 0. The number of nitrogens with one attached hydrogen (secondary N) is 1. The highest BCUT2D eigenvalue weighted by Gasteiger charge is 2.36. The molecule has 1 rings (SSSR count). The lowest BCUT2D eigenvalue weighted by molar-refractivity contribution is -0.127. The van der Waals surface area contributed by atoms with Crippen LogP contribution in [0.4, 0.5) is 0 Å². The van der Waals surface area contributed by atoms with Crippen molar-refractivity contribution < 1.29 is 10.0 Å². The lowest BCUT2D eigenvalue weighted by Crippen LogP contribution is -2.47. The SMILES string of the molecule is CCC(C)(C(=O)NCc1ccc(C)s1)/C(N)=N/O. The molecule has 18 heavy (non-hydrogen) atoms. The molecule has 0 aromatic carbocycles. The molecule has 0 aliphatic carbocycles. The first-order valence-corrected chi connectivity index (χ1v) is 6.57. The number of carbonyl (C=O) groups excluding carboxylic acids is 1. The summed E-state index contributed by atoms with van der Waals surface area (Å²) in [5.41, 5.74) is 4.61. The summed E-state index contributed by atoms with van der Waals surface area (Å²) in [6.07, 6.45) is 0.470. The number of aryl methyl sites for hydroxylation is 1. The van der Waals surface area contributed by atoms with Crippen molar-refractivity contribution in [3.05, 3.63) is 21.9 Å². The van der Waals surface area contributed by atoms with Crippen LogP contribution in [0.5, 0.6) is 0 Å². The number of rotatable bonds is 5. The van der Waals surface area contributed by atoms with Gasteiger partial charge in [-0.25, -0.2) is 0 Å². The predicted molar refractivity (Wildman–Crippen MR) is 72.7 cm³/mol. The van der Waals surface area contributed by atoms with Gasteiger partial charge < -0.3 is 16.3 Å². The summed E-state index contributed by atoms with van der Waals surface area (Å²) in [6, 6.07) is 3.99. The maximum Gasteiger partial charge on any atom is 0.233 e. The van der Waals surface area contributed by atoms with Gasteiger partial charge in [-0.05, 0) is 32.4 Å². The van der Waals surface area contributed by atoms with E-state index in [1.165, 1.54) is 4.88 Å². The van der Waals surface area contributed by atoms with Crippen molar-refractivity contribution in [3.63, 3.8) is 0 Å². The van der Waals surface area contributed by atoms with Crippen LogP contribution < -0.4 is 11.1 Å². The Balaban J connectivity index is 2.69. The number of carbonyl (C=O) groups is 1. The normalized spacial score (nSPS) is 15.2. The lowest BCUT2D eigenvalue weighted by Gasteiger charge is -2.25. The van der Waals surface area contributed by atoms with Crippen LogP contribution in [0.25, 0.3) is 0 Å². The largest absolute Gasteiger partial charge is 0.409 e. The Morgan fingerprint density at radius 1 is 1.61 bits per heavy atom. The van der Waals surface area contributed by atoms with Crippen molar-refractivity contribution in [1.82, 2.24) is 5.32 Å². The smallest absolute Gasteiger partial charge is 0.233 e. The van der Waals surface area contributed by atoms with E-state index in [4.69, 9.17) is 10.9 Å². The van der Waals surface area contributed by atoms with Crippen molar-refractivity contribution in [2.75, 3.05) is 0 Å². The Morgan fingerprint density at radius 2 is 2.28 bits per heavy atom. The molecule has 0 fully saturated rings. The third-order valence-corrected chi connectivity index (χ3v) is 4.10. The Morgan fingerprint density at radius 3 is 2.72 bits per heavy atom. The molecule has 0 saturated heterocycles. The molecule has 0 spiro atoms. The molecule has 0 bridgehead atoms. The second kappa shape index (κ2) is 5.86. The van der Waals surface area contributed by atoms with Gasteiger partial charge in [-0.3, -0.25) is 4.79 Å². The molecule has 0 radical (unpaired) electrons. The summed E-state index contributed by atoms with van der Waals surface area (Å²) in [4.78, 5) is 14.4. The highest BCUT2D eigenvalue weighted by Crippen LogP contribution is 2.22. The highest BCUT2D eigenvalue weighted by molar-refractivity contribution is 7.11. The summed E-state index contributed by atoms with van der Waals surface area (Å²) in [5.74, 6) is -0.295. The first kappa shape index (κ1) is 14.5. The number of thiophene rings is 1. The van der Waals surface area contributed by atoms with Crippen LogP contribution >= 0.6 is 11.3 Å². The quantitative estimate of drug-likeness (QED) is 0.330. The topological polar surface area (TPSA) is 87.7 Å². The Kier molecular flexibility index (Phi) is 4.72. The fraction of sp³-hybridized carbons (Fsp3) is 0.500. The number of oxime groups is 1. The third kappa shape index (κ3) is 3.01. The van der Waals surface area contributed by atoms with E-state index >= 15 is 0 Å². The molecule has 0 aliphatic rings. The molecule has 1 atom stereocenters. The van der Waals surface area contributed by atoms with Gasteiger partial charge in [-0.15, -0.1) is 11.3 Å². The second-order valence-corrected chi connectivity index (χ2v) is 5.74. The number of amides is 1. The maximum atomic E-state index is 12.1. The van der Waals surface area contributed by atoms with E-state index < -0.39 is 5.41 Å². The Hall–Kier alpha value is -1.56. The molecule has 1 aromatic rings.